The van der Waals surface area contributed by atoms with Gasteiger partial charge in [-0.2, -0.15) is 0 Å². The zero-order valence-corrected chi connectivity index (χ0v) is 3.92. The standard InChI is InChI=1S/C2H3O3P/c3-1-2(4)6-5/h1-2,4H/p+1. The zero-order chi connectivity index (χ0) is 4.99. The summed E-state index contributed by atoms with van der Waals surface area (Å²) in [6.07, 6.45) is 0.228. The van der Waals surface area contributed by atoms with Crippen LogP contribution in [-0.4, -0.2) is 17.2 Å². The minimum Gasteiger partial charge on any atom is -0.345 e. The number of aliphatic hydroxyl groups excluding tert-OH is 1. The molecule has 4 heteroatoms. The Morgan fingerprint density at radius 1 is 1.83 bits per heavy atom. The molecule has 0 aromatic rings. The first-order valence-corrected chi connectivity index (χ1v) is 2.31. The van der Waals surface area contributed by atoms with Crippen LogP contribution in [0.15, 0.2) is 0 Å². The average Bonchev–Trinajstić information content (AvgIpc) is 1.65. The highest BCUT2D eigenvalue weighted by atomic mass is 31.1. The molecule has 34 valence electrons. The van der Waals surface area contributed by atoms with Gasteiger partial charge in [0.1, 0.15) is 0 Å². The van der Waals surface area contributed by atoms with E-state index in [0.717, 1.165) is 0 Å². The van der Waals surface area contributed by atoms with Gasteiger partial charge in [-0.05, 0) is 0 Å². The first-order chi connectivity index (χ1) is 2.81. The van der Waals surface area contributed by atoms with Crippen LogP contribution in [0.3, 0.4) is 0 Å². The third-order valence-corrected chi connectivity index (χ3v) is 0.627. The highest BCUT2D eigenvalue weighted by molar-refractivity contribution is 7.25. The lowest BCUT2D eigenvalue weighted by atomic mass is 10.8. The van der Waals surface area contributed by atoms with Crippen molar-refractivity contribution in [2.24, 2.45) is 0 Å². The van der Waals surface area contributed by atoms with Gasteiger partial charge in [0, 0.05) is 0 Å². The molecule has 2 unspecified atom stereocenters. The van der Waals surface area contributed by atoms with Crippen LogP contribution >= 0.6 is 8.46 Å². The van der Waals surface area contributed by atoms with Crippen molar-refractivity contribution in [1.29, 1.82) is 0 Å². The highest BCUT2D eigenvalue weighted by Gasteiger charge is 2.04. The molecule has 0 saturated carbocycles. The Morgan fingerprint density at radius 2 is 2.33 bits per heavy atom. The molecular weight excluding hydrogens is 103 g/mol. The Bertz CT molecular complexity index is 53.8. The fourth-order valence-corrected chi connectivity index (χ4v) is 0.0833. The summed E-state index contributed by atoms with van der Waals surface area (Å²) in [6.45, 7) is 0. The first kappa shape index (κ1) is 5.73. The van der Waals surface area contributed by atoms with Crippen molar-refractivity contribution in [2.75, 3.05) is 0 Å². The zero-order valence-electron chi connectivity index (χ0n) is 2.92. The summed E-state index contributed by atoms with van der Waals surface area (Å²) in [4.78, 5) is 9.29. The number of aldehydes is 1. The van der Waals surface area contributed by atoms with Crippen molar-refractivity contribution in [1.82, 2.24) is 0 Å². The summed E-state index contributed by atoms with van der Waals surface area (Å²) in [5.74, 6) is -1.27. The number of rotatable bonds is 2. The van der Waals surface area contributed by atoms with E-state index in [-0.39, 0.29) is 6.29 Å². The molecule has 1 N–H and O–H groups in total. The minimum atomic E-state index is -1.27. The number of hydrogen-bond donors (Lipinski definition) is 1. The maximum absolute atomic E-state index is 9.41. The van der Waals surface area contributed by atoms with Crippen LogP contribution in [-0.2, 0) is 9.36 Å². The Morgan fingerprint density at radius 3 is 2.33 bits per heavy atom. The van der Waals surface area contributed by atoms with E-state index >= 15 is 0 Å². The number of carbonyl (C=O) groups is 1. The molecule has 0 aromatic carbocycles. The quantitative estimate of drug-likeness (QED) is 0.383. The van der Waals surface area contributed by atoms with Gasteiger partial charge in [0.15, 0.2) is 6.29 Å². The summed E-state index contributed by atoms with van der Waals surface area (Å²) in [5.41, 5.74) is 0. The van der Waals surface area contributed by atoms with E-state index in [1.807, 2.05) is 0 Å². The summed E-state index contributed by atoms with van der Waals surface area (Å²) in [6, 6.07) is 0. The second-order valence-corrected chi connectivity index (χ2v) is 1.53. The maximum Gasteiger partial charge on any atom is 0.364 e. The lowest BCUT2D eigenvalue weighted by Crippen LogP contribution is -1.93. The molecule has 0 fully saturated rings. The summed E-state index contributed by atoms with van der Waals surface area (Å²) >= 11 is 0. The third-order valence-electron chi connectivity index (χ3n) is 0.250. The van der Waals surface area contributed by atoms with Crippen molar-refractivity contribution >= 4 is 14.7 Å². The average molecular weight is 107 g/mol. The van der Waals surface area contributed by atoms with Gasteiger partial charge < -0.3 is 5.11 Å². The molecule has 0 aliphatic carbocycles. The summed E-state index contributed by atoms with van der Waals surface area (Å²) in [5, 5.41) is 8.00. The number of aliphatic hydroxyl groups is 1. The van der Waals surface area contributed by atoms with Crippen molar-refractivity contribution < 1.29 is 14.5 Å². The largest absolute Gasteiger partial charge is 0.364 e. The third kappa shape index (κ3) is 2.00. The lowest BCUT2D eigenvalue weighted by Gasteiger charge is -1.68. The molecular formula is C2H4O3P+. The van der Waals surface area contributed by atoms with Gasteiger partial charge in [-0.3, -0.25) is 4.79 Å². The van der Waals surface area contributed by atoms with Gasteiger partial charge in [-0.15, -0.1) is 0 Å². The van der Waals surface area contributed by atoms with Crippen LogP contribution in [0.25, 0.3) is 0 Å². The molecule has 0 radical (unpaired) electrons. The molecule has 2 atom stereocenters. The molecule has 0 rings (SSSR count). The Balaban J connectivity index is 3.21. The second-order valence-electron chi connectivity index (χ2n) is 0.699. The van der Waals surface area contributed by atoms with Crippen LogP contribution < -0.4 is 0 Å². The van der Waals surface area contributed by atoms with Gasteiger partial charge >= 0.3 is 14.3 Å². The van der Waals surface area contributed by atoms with Gasteiger partial charge in [0.25, 0.3) is 0 Å². The molecule has 0 bridgehead atoms. The van der Waals surface area contributed by atoms with Gasteiger partial charge in [-0.1, -0.05) is 4.57 Å². The fraction of sp³-hybridized carbons (Fsp3) is 0.500. The Labute approximate surface area is 36.2 Å². The molecule has 3 nitrogen and oxygen atoms in total. The van der Waals surface area contributed by atoms with Crippen molar-refractivity contribution in [3.05, 3.63) is 0 Å². The molecule has 0 heterocycles. The van der Waals surface area contributed by atoms with E-state index in [0.29, 0.717) is 0 Å². The second kappa shape index (κ2) is 2.94. The molecule has 0 saturated heterocycles. The Hall–Kier alpha value is -0.270. The van der Waals surface area contributed by atoms with E-state index < -0.39 is 14.3 Å². The molecule has 0 amide bonds. The molecule has 0 spiro atoms. The predicted molar refractivity (Wildman–Crippen MR) is 21.1 cm³/mol. The van der Waals surface area contributed by atoms with Crippen molar-refractivity contribution in [3.8, 4) is 0 Å². The molecule has 0 aliphatic rings. The topological polar surface area (TPSA) is 54.4 Å². The van der Waals surface area contributed by atoms with E-state index in [1.165, 1.54) is 0 Å². The predicted octanol–water partition coefficient (Wildman–Crippen LogP) is -0.472. The smallest absolute Gasteiger partial charge is 0.345 e. The summed E-state index contributed by atoms with van der Waals surface area (Å²) in [7, 11) is -0.931. The van der Waals surface area contributed by atoms with E-state index in [2.05, 4.69) is 0 Å². The van der Waals surface area contributed by atoms with Crippen LogP contribution in [0.2, 0.25) is 0 Å². The number of carbonyl (C=O) groups excluding carboxylic acids is 1. The van der Waals surface area contributed by atoms with Gasteiger partial charge in [-0.25, -0.2) is 0 Å². The van der Waals surface area contributed by atoms with E-state index in [4.69, 9.17) is 5.11 Å². The Kier molecular flexibility index (Phi) is 2.81. The van der Waals surface area contributed by atoms with E-state index in [1.54, 1.807) is 0 Å². The van der Waals surface area contributed by atoms with Crippen molar-refractivity contribution in [2.45, 2.75) is 5.85 Å². The first-order valence-electron chi connectivity index (χ1n) is 1.32. The van der Waals surface area contributed by atoms with Crippen LogP contribution in [0, 0.1) is 0 Å². The molecule has 0 aromatic heterocycles. The fourth-order valence-electron chi connectivity index (χ4n) is 0.0278. The number of hydrogen-bond acceptors (Lipinski definition) is 3. The monoisotopic (exact) mass is 107 g/mol. The SMILES string of the molecule is O=CC(O)[PH+]=O. The minimum absolute atomic E-state index is 0.228. The van der Waals surface area contributed by atoms with Crippen LogP contribution in [0.5, 0.6) is 0 Å². The van der Waals surface area contributed by atoms with Crippen molar-refractivity contribution in [3.63, 3.8) is 0 Å². The van der Waals surface area contributed by atoms with Gasteiger partial charge in [0.05, 0.1) is 0 Å². The van der Waals surface area contributed by atoms with Gasteiger partial charge in [0.2, 0.25) is 0 Å². The lowest BCUT2D eigenvalue weighted by molar-refractivity contribution is -0.111. The van der Waals surface area contributed by atoms with Crippen LogP contribution in [0.1, 0.15) is 0 Å². The highest BCUT2D eigenvalue weighted by Crippen LogP contribution is 1.94. The maximum atomic E-state index is 9.41. The summed E-state index contributed by atoms with van der Waals surface area (Å²) < 4.78 is 9.41. The molecule has 0 aliphatic heterocycles. The normalized spacial score (nSPS) is 14.2. The van der Waals surface area contributed by atoms with E-state index in [9.17, 15) is 9.36 Å². The molecule has 6 heavy (non-hydrogen) atoms. The van der Waals surface area contributed by atoms with Crippen LogP contribution in [0.4, 0.5) is 0 Å².